The first kappa shape index (κ1) is 13.5. The molecule has 0 amide bonds. The van der Waals surface area contributed by atoms with Gasteiger partial charge in [-0.25, -0.2) is 8.78 Å². The summed E-state index contributed by atoms with van der Waals surface area (Å²) in [5.74, 6) is -0.696. The average molecular weight is 246 g/mol. The molecular weight excluding hydrogens is 230 g/mol. The number of hydrogen-bond acceptors (Lipinski definition) is 2. The quantitative estimate of drug-likeness (QED) is 0.821. The molecule has 1 rings (SSSR count). The van der Waals surface area contributed by atoms with E-state index in [1.165, 1.54) is 23.9 Å². The van der Waals surface area contributed by atoms with Crippen LogP contribution in [-0.2, 0) is 0 Å². The zero-order valence-electron chi connectivity index (χ0n) is 9.63. The van der Waals surface area contributed by atoms with E-state index in [1.54, 1.807) is 6.92 Å². The number of aliphatic hydroxyl groups is 1. The number of halogens is 2. The number of hydrogen-bond donors (Lipinski definition) is 1. The maximum absolute atomic E-state index is 13.3. The number of rotatable bonds is 4. The molecule has 0 saturated carbocycles. The van der Waals surface area contributed by atoms with Crippen LogP contribution >= 0.6 is 11.8 Å². The van der Waals surface area contributed by atoms with Crippen LogP contribution in [0.3, 0.4) is 0 Å². The summed E-state index contributed by atoms with van der Waals surface area (Å²) in [4.78, 5) is 0.363. The van der Waals surface area contributed by atoms with Gasteiger partial charge in [0.1, 0.15) is 11.6 Å². The van der Waals surface area contributed by atoms with E-state index in [0.29, 0.717) is 10.6 Å². The highest BCUT2D eigenvalue weighted by Crippen LogP contribution is 2.28. The third-order valence-corrected chi connectivity index (χ3v) is 4.03. The van der Waals surface area contributed by atoms with Crippen molar-refractivity contribution in [2.75, 3.05) is 5.75 Å². The van der Waals surface area contributed by atoms with Gasteiger partial charge in [0, 0.05) is 16.7 Å². The highest BCUT2D eigenvalue weighted by molar-refractivity contribution is 7.99. The minimum absolute atomic E-state index is 0.0866. The van der Waals surface area contributed by atoms with Gasteiger partial charge in [0.2, 0.25) is 0 Å². The van der Waals surface area contributed by atoms with Gasteiger partial charge in [0.15, 0.2) is 0 Å². The van der Waals surface area contributed by atoms with Crippen LogP contribution in [0.1, 0.15) is 20.8 Å². The van der Waals surface area contributed by atoms with Crippen LogP contribution in [-0.4, -0.2) is 16.5 Å². The Morgan fingerprint density at radius 2 is 2.00 bits per heavy atom. The molecule has 1 nitrogen and oxygen atoms in total. The van der Waals surface area contributed by atoms with E-state index >= 15 is 0 Å². The van der Waals surface area contributed by atoms with E-state index in [-0.39, 0.29) is 5.92 Å². The van der Waals surface area contributed by atoms with E-state index in [9.17, 15) is 13.9 Å². The molecule has 1 atom stereocenters. The standard InChI is InChI=1S/C12H16F2OS/c1-8(2)12(3,15)7-16-11-5-4-9(13)6-10(11)14/h4-6,8,15H,7H2,1-3H3. The Morgan fingerprint density at radius 3 is 2.50 bits per heavy atom. The highest BCUT2D eigenvalue weighted by Gasteiger charge is 2.25. The van der Waals surface area contributed by atoms with Gasteiger partial charge < -0.3 is 5.11 Å². The normalized spacial score (nSPS) is 15.2. The van der Waals surface area contributed by atoms with Gasteiger partial charge in [-0.1, -0.05) is 13.8 Å². The summed E-state index contributed by atoms with van der Waals surface area (Å²) in [7, 11) is 0. The summed E-state index contributed by atoms with van der Waals surface area (Å²) in [6.07, 6.45) is 0. The molecule has 16 heavy (non-hydrogen) atoms. The SMILES string of the molecule is CC(C)C(C)(O)CSc1ccc(F)cc1F. The molecule has 0 bridgehead atoms. The Kier molecular flexibility index (Phi) is 4.33. The molecule has 0 heterocycles. The highest BCUT2D eigenvalue weighted by atomic mass is 32.2. The van der Waals surface area contributed by atoms with Gasteiger partial charge in [-0.05, 0) is 25.0 Å². The molecule has 0 aliphatic rings. The fraction of sp³-hybridized carbons (Fsp3) is 0.500. The molecular formula is C12H16F2OS. The van der Waals surface area contributed by atoms with Crippen molar-refractivity contribution in [1.29, 1.82) is 0 Å². The lowest BCUT2D eigenvalue weighted by Gasteiger charge is -2.27. The molecule has 1 aromatic carbocycles. The van der Waals surface area contributed by atoms with Crippen molar-refractivity contribution in [3.8, 4) is 0 Å². The van der Waals surface area contributed by atoms with Crippen LogP contribution in [0.15, 0.2) is 23.1 Å². The summed E-state index contributed by atoms with van der Waals surface area (Å²) < 4.78 is 25.9. The topological polar surface area (TPSA) is 20.2 Å². The van der Waals surface area contributed by atoms with Crippen LogP contribution in [0, 0.1) is 17.6 Å². The Bertz CT molecular complexity index is 364. The lowest BCUT2D eigenvalue weighted by molar-refractivity contribution is 0.0376. The first-order chi connectivity index (χ1) is 7.33. The predicted octanol–water partition coefficient (Wildman–Crippen LogP) is 3.46. The van der Waals surface area contributed by atoms with Crippen LogP contribution in [0.25, 0.3) is 0 Å². The summed E-state index contributed by atoms with van der Waals surface area (Å²) in [6, 6.07) is 3.47. The Balaban J connectivity index is 2.68. The van der Waals surface area contributed by atoms with E-state index < -0.39 is 17.2 Å². The number of benzene rings is 1. The summed E-state index contributed by atoms with van der Waals surface area (Å²) >= 11 is 1.20. The molecule has 0 fully saturated rings. The van der Waals surface area contributed by atoms with Crippen molar-refractivity contribution in [1.82, 2.24) is 0 Å². The van der Waals surface area contributed by atoms with E-state index in [0.717, 1.165) is 6.07 Å². The Labute approximate surface area is 98.9 Å². The van der Waals surface area contributed by atoms with Crippen LogP contribution in [0.4, 0.5) is 8.78 Å². The summed E-state index contributed by atoms with van der Waals surface area (Å²) in [6.45, 7) is 5.52. The molecule has 4 heteroatoms. The zero-order valence-corrected chi connectivity index (χ0v) is 10.4. The van der Waals surface area contributed by atoms with Gasteiger partial charge in [-0.3, -0.25) is 0 Å². The lowest BCUT2D eigenvalue weighted by Crippen LogP contribution is -2.33. The molecule has 0 aliphatic carbocycles. The molecule has 1 unspecified atom stereocenters. The monoisotopic (exact) mass is 246 g/mol. The zero-order chi connectivity index (χ0) is 12.3. The average Bonchev–Trinajstić information content (AvgIpc) is 2.16. The second-order valence-electron chi connectivity index (χ2n) is 4.38. The first-order valence-corrected chi connectivity index (χ1v) is 6.11. The first-order valence-electron chi connectivity index (χ1n) is 5.13. The maximum atomic E-state index is 13.3. The van der Waals surface area contributed by atoms with Crippen LogP contribution < -0.4 is 0 Å². The molecule has 0 aromatic heterocycles. The van der Waals surface area contributed by atoms with Gasteiger partial charge >= 0.3 is 0 Å². The molecule has 1 N–H and O–H groups in total. The van der Waals surface area contributed by atoms with Gasteiger partial charge in [0.25, 0.3) is 0 Å². The molecule has 0 spiro atoms. The second kappa shape index (κ2) is 5.15. The predicted molar refractivity (Wildman–Crippen MR) is 62.5 cm³/mol. The van der Waals surface area contributed by atoms with Crippen molar-refractivity contribution < 1.29 is 13.9 Å². The summed E-state index contributed by atoms with van der Waals surface area (Å²) in [5.41, 5.74) is -0.856. The van der Waals surface area contributed by atoms with E-state index in [4.69, 9.17) is 0 Å². The van der Waals surface area contributed by atoms with Crippen molar-refractivity contribution in [3.05, 3.63) is 29.8 Å². The third-order valence-electron chi connectivity index (χ3n) is 2.66. The Hall–Kier alpha value is -0.610. The molecule has 0 aliphatic heterocycles. The van der Waals surface area contributed by atoms with Gasteiger partial charge in [-0.2, -0.15) is 0 Å². The fourth-order valence-corrected chi connectivity index (χ4v) is 2.12. The lowest BCUT2D eigenvalue weighted by atomic mass is 9.95. The smallest absolute Gasteiger partial charge is 0.139 e. The number of thioether (sulfide) groups is 1. The van der Waals surface area contributed by atoms with E-state index in [2.05, 4.69) is 0 Å². The van der Waals surface area contributed by atoms with Crippen molar-refractivity contribution >= 4 is 11.8 Å². The minimum Gasteiger partial charge on any atom is -0.389 e. The second-order valence-corrected chi connectivity index (χ2v) is 5.39. The maximum Gasteiger partial charge on any atom is 0.139 e. The van der Waals surface area contributed by atoms with Crippen molar-refractivity contribution in [2.24, 2.45) is 5.92 Å². The fourth-order valence-electron chi connectivity index (χ4n) is 0.983. The third kappa shape index (κ3) is 3.46. The van der Waals surface area contributed by atoms with Crippen LogP contribution in [0.5, 0.6) is 0 Å². The molecule has 0 saturated heterocycles. The Morgan fingerprint density at radius 1 is 1.38 bits per heavy atom. The molecule has 0 radical (unpaired) electrons. The minimum atomic E-state index is -0.856. The largest absolute Gasteiger partial charge is 0.389 e. The van der Waals surface area contributed by atoms with Gasteiger partial charge in [-0.15, -0.1) is 11.8 Å². The van der Waals surface area contributed by atoms with Gasteiger partial charge in [0.05, 0.1) is 5.60 Å². The summed E-state index contributed by atoms with van der Waals surface area (Å²) in [5, 5.41) is 9.98. The van der Waals surface area contributed by atoms with Crippen molar-refractivity contribution in [2.45, 2.75) is 31.3 Å². The van der Waals surface area contributed by atoms with Crippen molar-refractivity contribution in [3.63, 3.8) is 0 Å². The van der Waals surface area contributed by atoms with Crippen LogP contribution in [0.2, 0.25) is 0 Å². The molecule has 1 aromatic rings. The molecule has 90 valence electrons. The van der Waals surface area contributed by atoms with E-state index in [1.807, 2.05) is 13.8 Å².